The first-order valence-corrected chi connectivity index (χ1v) is 8.14. The van der Waals surface area contributed by atoms with Gasteiger partial charge in [-0.1, -0.05) is 17.7 Å². The third-order valence-electron chi connectivity index (χ3n) is 3.37. The number of carbonyl (C=O) groups excluding carboxylic acids is 2. The third kappa shape index (κ3) is 3.59. The van der Waals surface area contributed by atoms with Gasteiger partial charge in [-0.05, 0) is 40.2 Å². The molecule has 0 unspecified atom stereocenters. The van der Waals surface area contributed by atoms with Gasteiger partial charge in [0, 0.05) is 16.1 Å². The van der Waals surface area contributed by atoms with Crippen LogP contribution in [-0.2, 0) is 9.59 Å². The number of benzene rings is 1. The molecule has 0 aliphatic carbocycles. The molecule has 2 aromatic rings. The number of halogens is 2. The van der Waals surface area contributed by atoms with Crippen molar-refractivity contribution in [2.45, 2.75) is 0 Å². The van der Waals surface area contributed by atoms with Gasteiger partial charge in [0.25, 0.3) is 5.91 Å². The standard InChI is InChI=1S/C16H10BrClN2O5/c17-10-3-1-8(5-11(10)18)13-4-2-9(25-13)6-12-15(23)20(7-14(21)22)16(24)19-12/h1-6H,7H2,(H,19,24)(H,21,22)/b12-6+. The maximum Gasteiger partial charge on any atom is 0.329 e. The number of nitrogens with zero attached hydrogens (tertiary/aromatic N) is 1. The van der Waals surface area contributed by atoms with E-state index in [1.54, 1.807) is 24.3 Å². The van der Waals surface area contributed by atoms with Crippen molar-refractivity contribution in [3.05, 3.63) is 51.3 Å². The summed E-state index contributed by atoms with van der Waals surface area (Å²) in [6.07, 6.45) is 1.34. The molecule has 0 spiro atoms. The average Bonchev–Trinajstić information content (AvgIpc) is 3.11. The van der Waals surface area contributed by atoms with Gasteiger partial charge in [0.05, 0.1) is 5.02 Å². The highest BCUT2D eigenvalue weighted by molar-refractivity contribution is 9.10. The molecule has 0 saturated carbocycles. The van der Waals surface area contributed by atoms with Crippen molar-refractivity contribution in [1.82, 2.24) is 10.2 Å². The molecule has 2 N–H and O–H groups in total. The molecule has 7 nitrogen and oxygen atoms in total. The second kappa shape index (κ2) is 6.73. The fourth-order valence-electron chi connectivity index (χ4n) is 2.23. The van der Waals surface area contributed by atoms with E-state index >= 15 is 0 Å². The van der Waals surface area contributed by atoms with Gasteiger partial charge in [-0.25, -0.2) is 9.69 Å². The van der Waals surface area contributed by atoms with E-state index in [1.807, 2.05) is 6.07 Å². The van der Waals surface area contributed by atoms with Gasteiger partial charge in [0.1, 0.15) is 23.8 Å². The zero-order valence-electron chi connectivity index (χ0n) is 12.5. The maximum absolute atomic E-state index is 12.1. The summed E-state index contributed by atoms with van der Waals surface area (Å²) in [6, 6.07) is 7.84. The molecule has 1 aliphatic rings. The third-order valence-corrected chi connectivity index (χ3v) is 4.61. The number of imide groups is 1. The summed E-state index contributed by atoms with van der Waals surface area (Å²) in [6.45, 7) is -0.706. The molecule has 3 amide bonds. The normalized spacial score (nSPS) is 15.8. The highest BCUT2D eigenvalue weighted by atomic mass is 79.9. The first-order chi connectivity index (χ1) is 11.8. The van der Waals surface area contributed by atoms with Crippen LogP contribution >= 0.6 is 27.5 Å². The number of urea groups is 1. The number of amides is 3. The molecule has 3 rings (SSSR count). The Morgan fingerprint density at radius 1 is 1.32 bits per heavy atom. The quantitative estimate of drug-likeness (QED) is 0.578. The van der Waals surface area contributed by atoms with Crippen molar-refractivity contribution >= 4 is 51.5 Å². The van der Waals surface area contributed by atoms with Crippen LogP contribution in [0.3, 0.4) is 0 Å². The molecule has 1 aromatic carbocycles. The van der Waals surface area contributed by atoms with Crippen LogP contribution in [0.25, 0.3) is 17.4 Å². The van der Waals surface area contributed by atoms with Crippen LogP contribution in [0.4, 0.5) is 4.79 Å². The van der Waals surface area contributed by atoms with Gasteiger partial charge >= 0.3 is 12.0 Å². The zero-order chi connectivity index (χ0) is 18.1. The summed E-state index contributed by atoms with van der Waals surface area (Å²) in [5.41, 5.74) is 0.688. The Balaban J connectivity index is 1.84. The second-order valence-corrected chi connectivity index (χ2v) is 6.37. The Kier molecular flexibility index (Phi) is 4.65. The molecule has 1 aromatic heterocycles. The number of carboxylic acids is 1. The molecule has 128 valence electrons. The molecule has 0 atom stereocenters. The Bertz CT molecular complexity index is 921. The van der Waals surface area contributed by atoms with Gasteiger partial charge in [-0.3, -0.25) is 9.59 Å². The van der Waals surface area contributed by atoms with E-state index in [-0.39, 0.29) is 5.70 Å². The highest BCUT2D eigenvalue weighted by Gasteiger charge is 2.35. The number of nitrogens with one attached hydrogen (secondary N) is 1. The summed E-state index contributed by atoms with van der Waals surface area (Å²) < 4.78 is 6.39. The lowest BCUT2D eigenvalue weighted by Gasteiger charge is -2.06. The SMILES string of the molecule is O=C(O)CN1C(=O)N/C(=C/c2ccc(-c3ccc(Br)c(Cl)c3)o2)C1=O. The smallest absolute Gasteiger partial charge is 0.329 e. The number of furan rings is 1. The van der Waals surface area contributed by atoms with Gasteiger partial charge in [-0.2, -0.15) is 0 Å². The van der Waals surface area contributed by atoms with Gasteiger partial charge in [0.15, 0.2) is 0 Å². The Hall–Kier alpha value is -2.58. The van der Waals surface area contributed by atoms with Crippen molar-refractivity contribution in [2.75, 3.05) is 6.54 Å². The van der Waals surface area contributed by atoms with E-state index in [9.17, 15) is 14.4 Å². The number of aliphatic carboxylic acids is 1. The minimum atomic E-state index is -1.28. The first-order valence-electron chi connectivity index (χ1n) is 6.97. The largest absolute Gasteiger partial charge is 0.480 e. The van der Waals surface area contributed by atoms with E-state index in [2.05, 4.69) is 21.2 Å². The highest BCUT2D eigenvalue weighted by Crippen LogP contribution is 2.30. The minimum Gasteiger partial charge on any atom is -0.480 e. The lowest BCUT2D eigenvalue weighted by molar-refractivity contribution is -0.140. The molecule has 0 bridgehead atoms. The van der Waals surface area contributed by atoms with Crippen LogP contribution in [-0.4, -0.2) is 34.5 Å². The van der Waals surface area contributed by atoms with Crippen LogP contribution in [0.1, 0.15) is 5.76 Å². The summed E-state index contributed by atoms with van der Waals surface area (Å²) >= 11 is 9.36. The average molecular weight is 426 g/mol. The monoisotopic (exact) mass is 424 g/mol. The summed E-state index contributed by atoms with van der Waals surface area (Å²) in [5.74, 6) is -1.15. The molecular weight excluding hydrogens is 416 g/mol. The number of rotatable bonds is 4. The van der Waals surface area contributed by atoms with Gasteiger partial charge in [0.2, 0.25) is 0 Å². The van der Waals surface area contributed by atoms with E-state index in [0.29, 0.717) is 21.4 Å². The molecule has 25 heavy (non-hydrogen) atoms. The van der Waals surface area contributed by atoms with Crippen molar-refractivity contribution in [3.8, 4) is 11.3 Å². The van der Waals surface area contributed by atoms with Gasteiger partial charge in [-0.15, -0.1) is 0 Å². The Morgan fingerprint density at radius 3 is 2.76 bits per heavy atom. The predicted octanol–water partition coefficient (Wildman–Crippen LogP) is 3.34. The second-order valence-electron chi connectivity index (χ2n) is 5.10. The number of hydrogen-bond donors (Lipinski definition) is 2. The maximum atomic E-state index is 12.1. The van der Waals surface area contributed by atoms with E-state index < -0.39 is 24.5 Å². The number of carboxylic acid groups (broad SMARTS) is 1. The van der Waals surface area contributed by atoms with Crippen LogP contribution in [0.2, 0.25) is 5.02 Å². The zero-order valence-corrected chi connectivity index (χ0v) is 14.8. The fourth-order valence-corrected chi connectivity index (χ4v) is 2.65. The number of hydrogen-bond acceptors (Lipinski definition) is 4. The fraction of sp³-hybridized carbons (Fsp3) is 0.0625. The van der Waals surface area contributed by atoms with Crippen LogP contribution in [0.5, 0.6) is 0 Å². The Labute approximate surface area is 155 Å². The van der Waals surface area contributed by atoms with E-state index in [0.717, 1.165) is 10.0 Å². The van der Waals surface area contributed by atoms with Crippen molar-refractivity contribution < 1.29 is 23.9 Å². The molecule has 9 heteroatoms. The van der Waals surface area contributed by atoms with E-state index in [1.165, 1.54) is 6.08 Å². The lowest BCUT2D eigenvalue weighted by atomic mass is 10.2. The van der Waals surface area contributed by atoms with Crippen LogP contribution < -0.4 is 5.32 Å². The summed E-state index contributed by atoms with van der Waals surface area (Å²) in [5, 5.41) is 11.6. The molecule has 1 saturated heterocycles. The van der Waals surface area contributed by atoms with Crippen molar-refractivity contribution in [3.63, 3.8) is 0 Å². The topological polar surface area (TPSA) is 99.8 Å². The van der Waals surface area contributed by atoms with Crippen LogP contribution in [0, 0.1) is 0 Å². The molecule has 1 aliphatic heterocycles. The minimum absolute atomic E-state index is 0.0546. The van der Waals surface area contributed by atoms with Crippen LogP contribution in [0.15, 0.2) is 44.9 Å². The summed E-state index contributed by atoms with van der Waals surface area (Å²) in [4.78, 5) is 35.0. The predicted molar refractivity (Wildman–Crippen MR) is 92.7 cm³/mol. The van der Waals surface area contributed by atoms with Crippen molar-refractivity contribution in [1.29, 1.82) is 0 Å². The molecule has 2 heterocycles. The Morgan fingerprint density at radius 2 is 2.08 bits per heavy atom. The van der Waals surface area contributed by atoms with E-state index in [4.69, 9.17) is 21.1 Å². The van der Waals surface area contributed by atoms with Gasteiger partial charge < -0.3 is 14.8 Å². The molecule has 0 radical (unpaired) electrons. The molecule has 1 fully saturated rings. The first kappa shape index (κ1) is 17.2. The lowest BCUT2D eigenvalue weighted by Crippen LogP contribution is -2.35. The van der Waals surface area contributed by atoms with Crippen molar-refractivity contribution in [2.24, 2.45) is 0 Å². The molecular formula is C16H10BrClN2O5. The summed E-state index contributed by atoms with van der Waals surface area (Å²) in [7, 11) is 0. The number of carbonyl (C=O) groups is 3.